The number of hydrogen-bond donors (Lipinski definition) is 2. The number of nitrogens with one attached hydrogen (secondary N) is 2. The fraction of sp³-hybridized carbons (Fsp3) is 0.238. The maximum atomic E-state index is 13.3. The molecular weight excluding hydrogens is 398 g/mol. The topological polar surface area (TPSA) is 93.4 Å². The molecule has 0 atom stereocenters. The molecule has 8 nitrogen and oxygen atoms in total. The molecule has 0 saturated heterocycles. The summed E-state index contributed by atoms with van der Waals surface area (Å²) in [5.74, 6) is 0. The van der Waals surface area contributed by atoms with Crippen molar-refractivity contribution in [1.29, 1.82) is 0 Å². The third kappa shape index (κ3) is 2.58. The molecule has 1 aliphatic heterocycles. The minimum atomic E-state index is -0.0844. The van der Waals surface area contributed by atoms with E-state index in [0.717, 1.165) is 50.7 Å². The summed E-state index contributed by atoms with van der Waals surface area (Å²) >= 11 is 1.60. The Kier molecular flexibility index (Phi) is 3.79. The molecule has 30 heavy (non-hydrogen) atoms. The van der Waals surface area contributed by atoms with Crippen LogP contribution in [0.25, 0.3) is 21.3 Å². The minimum Gasteiger partial charge on any atom is -0.384 e. The molecule has 0 spiro atoms. The third-order valence-corrected chi connectivity index (χ3v) is 6.83. The van der Waals surface area contributed by atoms with Gasteiger partial charge in [-0.2, -0.15) is 10.2 Å². The number of benzene rings is 1. The molecule has 150 valence electrons. The summed E-state index contributed by atoms with van der Waals surface area (Å²) in [7, 11) is 1.90. The number of nitrogens with zero attached hydrogens (tertiary/aromatic N) is 5. The standard InChI is InChI=1S/C21H19N7OS/c1-27-18-15(19-20(27)25-17(30-19)9-13-5-8-23-26-13)10-24-28(21(18)29)11-12-3-2-4-16-14(12)6-7-22-16/h2-5,8,10,22H,6-7,9,11H2,1H3,(H,23,26). The summed E-state index contributed by atoms with van der Waals surface area (Å²) in [5, 5.41) is 16.7. The van der Waals surface area contributed by atoms with Crippen LogP contribution in [0.4, 0.5) is 5.69 Å². The Labute approximate surface area is 175 Å². The van der Waals surface area contributed by atoms with Crippen molar-refractivity contribution in [3.05, 3.63) is 68.8 Å². The van der Waals surface area contributed by atoms with Gasteiger partial charge in [-0.1, -0.05) is 12.1 Å². The zero-order chi connectivity index (χ0) is 20.2. The lowest BCUT2D eigenvalue weighted by Gasteiger charge is -2.09. The molecule has 0 saturated carbocycles. The van der Waals surface area contributed by atoms with Gasteiger partial charge in [-0.15, -0.1) is 11.3 Å². The van der Waals surface area contributed by atoms with Crippen LogP contribution in [-0.4, -0.2) is 36.1 Å². The quantitative estimate of drug-likeness (QED) is 0.469. The first kappa shape index (κ1) is 17.4. The summed E-state index contributed by atoms with van der Waals surface area (Å²) in [6.07, 6.45) is 5.21. The van der Waals surface area contributed by atoms with Gasteiger partial charge in [0.2, 0.25) is 0 Å². The van der Waals surface area contributed by atoms with Gasteiger partial charge in [0.05, 0.1) is 17.4 Å². The van der Waals surface area contributed by atoms with Crippen molar-refractivity contribution in [2.24, 2.45) is 7.05 Å². The molecule has 2 N–H and O–H groups in total. The fourth-order valence-corrected chi connectivity index (χ4v) is 5.42. The highest BCUT2D eigenvalue weighted by Crippen LogP contribution is 2.32. The molecule has 1 aromatic carbocycles. The molecule has 0 fully saturated rings. The van der Waals surface area contributed by atoms with Crippen LogP contribution in [0.2, 0.25) is 0 Å². The lowest BCUT2D eigenvalue weighted by molar-refractivity contribution is 0.641. The Bertz CT molecular complexity index is 1460. The number of thiazole rings is 1. The van der Waals surface area contributed by atoms with Crippen LogP contribution < -0.4 is 10.9 Å². The fourth-order valence-electron chi connectivity index (χ4n) is 4.29. The first-order chi connectivity index (χ1) is 14.7. The van der Waals surface area contributed by atoms with Gasteiger partial charge in [0.1, 0.15) is 10.5 Å². The van der Waals surface area contributed by atoms with E-state index in [2.05, 4.69) is 32.7 Å². The average molecular weight is 417 g/mol. The zero-order valence-corrected chi connectivity index (χ0v) is 17.2. The van der Waals surface area contributed by atoms with Crippen LogP contribution >= 0.6 is 11.3 Å². The van der Waals surface area contributed by atoms with Crippen molar-refractivity contribution in [2.75, 3.05) is 11.9 Å². The average Bonchev–Trinajstić information content (AvgIpc) is 3.52. The van der Waals surface area contributed by atoms with E-state index in [0.29, 0.717) is 18.5 Å². The molecule has 0 radical (unpaired) electrons. The van der Waals surface area contributed by atoms with Crippen molar-refractivity contribution in [1.82, 2.24) is 29.5 Å². The summed E-state index contributed by atoms with van der Waals surface area (Å²) < 4.78 is 4.46. The highest BCUT2D eigenvalue weighted by molar-refractivity contribution is 7.19. The van der Waals surface area contributed by atoms with Crippen LogP contribution in [-0.2, 0) is 26.4 Å². The molecule has 0 aliphatic carbocycles. The van der Waals surface area contributed by atoms with E-state index in [4.69, 9.17) is 4.98 Å². The van der Waals surface area contributed by atoms with Crippen LogP contribution in [0.5, 0.6) is 0 Å². The Morgan fingerprint density at radius 3 is 3.07 bits per heavy atom. The minimum absolute atomic E-state index is 0.0844. The van der Waals surface area contributed by atoms with E-state index >= 15 is 0 Å². The highest BCUT2D eigenvalue weighted by atomic mass is 32.1. The van der Waals surface area contributed by atoms with E-state index in [1.54, 1.807) is 28.4 Å². The maximum Gasteiger partial charge on any atom is 0.291 e. The monoisotopic (exact) mass is 417 g/mol. The second-order valence-corrected chi connectivity index (χ2v) is 8.65. The van der Waals surface area contributed by atoms with Gasteiger partial charge in [0.15, 0.2) is 5.65 Å². The van der Waals surface area contributed by atoms with Crippen molar-refractivity contribution in [2.45, 2.75) is 19.4 Å². The summed E-state index contributed by atoms with van der Waals surface area (Å²) in [4.78, 5) is 18.1. The van der Waals surface area contributed by atoms with Gasteiger partial charge < -0.3 is 9.88 Å². The van der Waals surface area contributed by atoms with Crippen LogP contribution in [0.3, 0.4) is 0 Å². The number of fused-ring (bicyclic) bond motifs is 4. The van der Waals surface area contributed by atoms with Crippen molar-refractivity contribution in [3.8, 4) is 0 Å². The van der Waals surface area contributed by atoms with E-state index in [-0.39, 0.29) is 5.56 Å². The second kappa shape index (κ2) is 6.53. The van der Waals surface area contributed by atoms with E-state index in [1.165, 1.54) is 5.56 Å². The van der Waals surface area contributed by atoms with Crippen molar-refractivity contribution < 1.29 is 0 Å². The highest BCUT2D eigenvalue weighted by Gasteiger charge is 2.20. The van der Waals surface area contributed by atoms with Crippen LogP contribution in [0.15, 0.2) is 41.5 Å². The zero-order valence-electron chi connectivity index (χ0n) is 16.3. The SMILES string of the molecule is Cn1c2nc(Cc3ccn[nH]3)sc2c2cnn(Cc3cccc4c3CCN4)c(=O)c21. The largest absolute Gasteiger partial charge is 0.384 e. The third-order valence-electron chi connectivity index (χ3n) is 5.75. The predicted octanol–water partition coefficient (Wildman–Crippen LogP) is 2.67. The first-order valence-corrected chi connectivity index (χ1v) is 10.7. The maximum absolute atomic E-state index is 13.3. The number of H-pyrrole nitrogens is 1. The molecular formula is C21H19N7OS. The summed E-state index contributed by atoms with van der Waals surface area (Å²) in [6.45, 7) is 1.41. The van der Waals surface area contributed by atoms with Gasteiger partial charge in [-0.3, -0.25) is 9.89 Å². The molecule has 5 aromatic rings. The van der Waals surface area contributed by atoms with Gasteiger partial charge in [-0.25, -0.2) is 9.67 Å². The smallest absolute Gasteiger partial charge is 0.291 e. The molecule has 0 amide bonds. The molecule has 1 aliphatic rings. The van der Waals surface area contributed by atoms with Crippen LogP contribution in [0.1, 0.15) is 21.8 Å². The lowest BCUT2D eigenvalue weighted by atomic mass is 10.1. The normalized spacial score (nSPS) is 13.2. The number of anilines is 1. The molecule has 5 heterocycles. The first-order valence-electron chi connectivity index (χ1n) is 9.86. The van der Waals surface area contributed by atoms with E-state index in [1.807, 2.05) is 23.7 Å². The van der Waals surface area contributed by atoms with Crippen molar-refractivity contribution >= 4 is 38.3 Å². The predicted molar refractivity (Wildman–Crippen MR) is 117 cm³/mol. The number of aromatic amines is 1. The Morgan fingerprint density at radius 1 is 1.27 bits per heavy atom. The number of aryl methyl sites for hydroxylation is 1. The number of rotatable bonds is 4. The Morgan fingerprint density at radius 2 is 2.20 bits per heavy atom. The van der Waals surface area contributed by atoms with E-state index < -0.39 is 0 Å². The summed E-state index contributed by atoms with van der Waals surface area (Å²) in [6, 6.07) is 8.14. The molecule has 0 unspecified atom stereocenters. The number of aromatic nitrogens is 6. The lowest BCUT2D eigenvalue weighted by Crippen LogP contribution is -2.25. The molecule has 9 heteroatoms. The Hall–Kier alpha value is -3.46. The van der Waals surface area contributed by atoms with Gasteiger partial charge in [0, 0.05) is 43.0 Å². The number of hydrogen-bond acceptors (Lipinski definition) is 6. The molecule has 4 aromatic heterocycles. The van der Waals surface area contributed by atoms with Gasteiger partial charge >= 0.3 is 0 Å². The van der Waals surface area contributed by atoms with Crippen LogP contribution in [0, 0.1) is 0 Å². The van der Waals surface area contributed by atoms with Gasteiger partial charge in [-0.05, 0) is 29.7 Å². The van der Waals surface area contributed by atoms with Crippen molar-refractivity contribution in [3.63, 3.8) is 0 Å². The van der Waals surface area contributed by atoms with E-state index in [9.17, 15) is 4.79 Å². The Balaban J connectivity index is 1.43. The van der Waals surface area contributed by atoms with Gasteiger partial charge in [0.25, 0.3) is 5.56 Å². The molecule has 6 rings (SSSR count). The second-order valence-electron chi connectivity index (χ2n) is 7.57. The summed E-state index contributed by atoms with van der Waals surface area (Å²) in [5.41, 5.74) is 5.99. The molecule has 0 bridgehead atoms.